The molecule has 4 rings (SSSR count). The minimum absolute atomic E-state index is 0.107. The number of aryl methyl sites for hydroxylation is 1. The van der Waals surface area contributed by atoms with Crippen molar-refractivity contribution >= 4 is 46.1 Å². The number of amides is 1. The largest absolute Gasteiger partial charge is 0.322 e. The Kier molecular flexibility index (Phi) is 5.36. The standard InChI is InChI=1S/C20H18ClN5OS/c1-25-17-8-3-2-7-16(17)23-20(25)28-13-19(27)24-18-9-10-22-26(18)12-14-5-4-6-15(21)11-14/h2-11H,12-13H2,1H3,(H,24,27). The third-order valence-electron chi connectivity index (χ3n) is 4.28. The minimum atomic E-state index is -0.107. The van der Waals surface area contributed by atoms with Crippen LogP contribution in [0.4, 0.5) is 5.82 Å². The first-order valence-corrected chi connectivity index (χ1v) is 10.1. The molecule has 0 atom stereocenters. The number of para-hydroxylation sites is 2. The molecule has 2 heterocycles. The molecule has 4 aromatic rings. The molecule has 0 spiro atoms. The molecule has 8 heteroatoms. The molecule has 0 aliphatic carbocycles. The van der Waals surface area contributed by atoms with Crippen LogP contribution in [0.2, 0.25) is 5.02 Å². The smallest absolute Gasteiger partial charge is 0.235 e. The summed E-state index contributed by atoms with van der Waals surface area (Å²) < 4.78 is 3.74. The fraction of sp³-hybridized carbons (Fsp3) is 0.150. The second-order valence-corrected chi connectivity index (χ2v) is 7.66. The van der Waals surface area contributed by atoms with Crippen molar-refractivity contribution in [3.63, 3.8) is 0 Å². The van der Waals surface area contributed by atoms with Crippen molar-refractivity contribution in [2.75, 3.05) is 11.1 Å². The number of thioether (sulfide) groups is 1. The lowest BCUT2D eigenvalue weighted by molar-refractivity contribution is -0.113. The van der Waals surface area contributed by atoms with Crippen molar-refractivity contribution < 1.29 is 4.79 Å². The fourth-order valence-electron chi connectivity index (χ4n) is 2.93. The zero-order valence-corrected chi connectivity index (χ0v) is 16.7. The summed E-state index contributed by atoms with van der Waals surface area (Å²) in [6, 6.07) is 17.3. The number of anilines is 1. The first kappa shape index (κ1) is 18.6. The van der Waals surface area contributed by atoms with Gasteiger partial charge < -0.3 is 9.88 Å². The highest BCUT2D eigenvalue weighted by Crippen LogP contribution is 2.23. The summed E-state index contributed by atoms with van der Waals surface area (Å²) >= 11 is 7.45. The van der Waals surface area contributed by atoms with Crippen LogP contribution >= 0.6 is 23.4 Å². The number of imidazole rings is 1. The molecule has 0 bridgehead atoms. The third-order valence-corrected chi connectivity index (χ3v) is 5.55. The highest BCUT2D eigenvalue weighted by Gasteiger charge is 2.12. The summed E-state index contributed by atoms with van der Waals surface area (Å²) in [7, 11) is 1.95. The predicted molar refractivity (Wildman–Crippen MR) is 113 cm³/mol. The number of carbonyl (C=O) groups excluding carboxylic acids is 1. The number of nitrogens with one attached hydrogen (secondary N) is 1. The van der Waals surface area contributed by atoms with Gasteiger partial charge in [0.1, 0.15) is 5.82 Å². The second kappa shape index (κ2) is 8.08. The summed E-state index contributed by atoms with van der Waals surface area (Å²) in [4.78, 5) is 17.0. The monoisotopic (exact) mass is 411 g/mol. The van der Waals surface area contributed by atoms with Crippen LogP contribution in [-0.2, 0) is 18.4 Å². The van der Waals surface area contributed by atoms with Crippen LogP contribution in [0.25, 0.3) is 11.0 Å². The SMILES string of the molecule is Cn1c(SCC(=O)Nc2ccnn2Cc2cccc(Cl)c2)nc2ccccc21. The Bertz CT molecular complexity index is 1140. The number of hydrogen-bond donors (Lipinski definition) is 1. The molecule has 1 N–H and O–H groups in total. The van der Waals surface area contributed by atoms with Crippen molar-refractivity contribution in [1.82, 2.24) is 19.3 Å². The lowest BCUT2D eigenvalue weighted by atomic mass is 10.2. The molecular weight excluding hydrogens is 394 g/mol. The summed E-state index contributed by atoms with van der Waals surface area (Å²) in [5.74, 6) is 0.806. The highest BCUT2D eigenvalue weighted by atomic mass is 35.5. The zero-order valence-electron chi connectivity index (χ0n) is 15.2. The minimum Gasteiger partial charge on any atom is -0.322 e. The van der Waals surface area contributed by atoms with Crippen molar-refractivity contribution in [3.8, 4) is 0 Å². The summed E-state index contributed by atoms with van der Waals surface area (Å²) in [5, 5.41) is 8.69. The van der Waals surface area contributed by atoms with Gasteiger partial charge in [0.05, 0.1) is 29.5 Å². The molecule has 0 fully saturated rings. The van der Waals surface area contributed by atoms with Crippen molar-refractivity contribution in [1.29, 1.82) is 0 Å². The topological polar surface area (TPSA) is 64.7 Å². The maximum atomic E-state index is 12.4. The summed E-state index contributed by atoms with van der Waals surface area (Å²) in [5.41, 5.74) is 2.98. The second-order valence-electron chi connectivity index (χ2n) is 6.28. The average molecular weight is 412 g/mol. The van der Waals surface area contributed by atoms with Crippen molar-refractivity contribution in [2.45, 2.75) is 11.7 Å². The van der Waals surface area contributed by atoms with Gasteiger partial charge in [-0.15, -0.1) is 0 Å². The van der Waals surface area contributed by atoms with Crippen LogP contribution in [0.15, 0.2) is 66.0 Å². The van der Waals surface area contributed by atoms with E-state index in [1.807, 2.05) is 60.1 Å². The number of halogens is 1. The number of carbonyl (C=O) groups is 1. The van der Waals surface area contributed by atoms with E-state index in [1.165, 1.54) is 11.8 Å². The van der Waals surface area contributed by atoms with Gasteiger partial charge in [0, 0.05) is 18.1 Å². The molecule has 28 heavy (non-hydrogen) atoms. The molecule has 1 amide bonds. The molecular formula is C20H18ClN5OS. The fourth-order valence-corrected chi connectivity index (χ4v) is 3.93. The first-order valence-electron chi connectivity index (χ1n) is 8.70. The van der Waals surface area contributed by atoms with Gasteiger partial charge in [-0.1, -0.05) is 47.6 Å². The van der Waals surface area contributed by atoms with E-state index in [9.17, 15) is 4.79 Å². The van der Waals surface area contributed by atoms with Gasteiger partial charge in [-0.3, -0.25) is 4.79 Å². The van der Waals surface area contributed by atoms with E-state index in [0.717, 1.165) is 21.8 Å². The maximum Gasteiger partial charge on any atom is 0.235 e. The highest BCUT2D eigenvalue weighted by molar-refractivity contribution is 7.99. The maximum absolute atomic E-state index is 12.4. The molecule has 2 aromatic carbocycles. The Balaban J connectivity index is 1.40. The lowest BCUT2D eigenvalue weighted by Gasteiger charge is -2.09. The van der Waals surface area contributed by atoms with Crippen LogP contribution < -0.4 is 5.32 Å². The number of hydrogen-bond acceptors (Lipinski definition) is 4. The first-order chi connectivity index (χ1) is 13.6. The normalized spacial score (nSPS) is 11.1. The van der Waals surface area contributed by atoms with Crippen LogP contribution in [0.5, 0.6) is 0 Å². The van der Waals surface area contributed by atoms with Crippen molar-refractivity contribution in [2.24, 2.45) is 7.05 Å². The van der Waals surface area contributed by atoms with E-state index in [-0.39, 0.29) is 11.7 Å². The Labute approximate surface area is 171 Å². The number of fused-ring (bicyclic) bond motifs is 1. The van der Waals surface area contributed by atoms with E-state index < -0.39 is 0 Å². The van der Waals surface area contributed by atoms with Gasteiger partial charge in [0.25, 0.3) is 0 Å². The molecule has 0 saturated heterocycles. The van der Waals surface area contributed by atoms with E-state index in [1.54, 1.807) is 16.9 Å². The molecule has 0 unspecified atom stereocenters. The van der Waals surface area contributed by atoms with E-state index in [4.69, 9.17) is 11.6 Å². The zero-order chi connectivity index (χ0) is 19.5. The molecule has 0 radical (unpaired) electrons. The van der Waals surface area contributed by atoms with Gasteiger partial charge in [-0.2, -0.15) is 5.10 Å². The molecule has 142 valence electrons. The van der Waals surface area contributed by atoms with Crippen LogP contribution in [0, 0.1) is 0 Å². The molecule has 6 nitrogen and oxygen atoms in total. The summed E-state index contributed by atoms with van der Waals surface area (Å²) in [6.45, 7) is 0.529. The van der Waals surface area contributed by atoms with Gasteiger partial charge >= 0.3 is 0 Å². The van der Waals surface area contributed by atoms with E-state index >= 15 is 0 Å². The number of nitrogens with zero attached hydrogens (tertiary/aromatic N) is 4. The Morgan fingerprint density at radius 3 is 2.86 bits per heavy atom. The number of rotatable bonds is 6. The number of aromatic nitrogens is 4. The van der Waals surface area contributed by atoms with E-state index in [2.05, 4.69) is 15.4 Å². The Morgan fingerprint density at radius 1 is 1.18 bits per heavy atom. The van der Waals surface area contributed by atoms with Crippen LogP contribution in [0.1, 0.15) is 5.56 Å². The van der Waals surface area contributed by atoms with E-state index in [0.29, 0.717) is 17.4 Å². The van der Waals surface area contributed by atoms with Crippen LogP contribution in [-0.4, -0.2) is 31.0 Å². The third kappa shape index (κ3) is 4.05. The molecule has 0 saturated carbocycles. The summed E-state index contributed by atoms with van der Waals surface area (Å²) in [6.07, 6.45) is 1.67. The van der Waals surface area contributed by atoms with Crippen LogP contribution in [0.3, 0.4) is 0 Å². The lowest BCUT2D eigenvalue weighted by Crippen LogP contribution is -2.18. The Hall–Kier alpha value is -2.77. The van der Waals surface area contributed by atoms with Gasteiger partial charge in [0.15, 0.2) is 5.16 Å². The average Bonchev–Trinajstić information content (AvgIpc) is 3.24. The predicted octanol–water partition coefficient (Wildman–Crippen LogP) is 4.20. The Morgan fingerprint density at radius 2 is 2.04 bits per heavy atom. The van der Waals surface area contributed by atoms with Crippen molar-refractivity contribution in [3.05, 3.63) is 71.4 Å². The number of benzene rings is 2. The molecule has 2 aromatic heterocycles. The molecule has 0 aliphatic heterocycles. The quantitative estimate of drug-likeness (QED) is 0.483. The van der Waals surface area contributed by atoms with Gasteiger partial charge in [-0.25, -0.2) is 9.67 Å². The molecule has 0 aliphatic rings. The van der Waals surface area contributed by atoms with Gasteiger partial charge in [0.2, 0.25) is 5.91 Å². The van der Waals surface area contributed by atoms with Gasteiger partial charge in [-0.05, 0) is 29.8 Å².